The topological polar surface area (TPSA) is 32.3 Å². The summed E-state index contributed by atoms with van der Waals surface area (Å²) in [6.45, 7) is 4.74. The third-order valence-corrected chi connectivity index (χ3v) is 7.50. The lowest BCUT2D eigenvalue weighted by Crippen LogP contribution is -2.32. The Balaban J connectivity index is 1.29. The lowest BCUT2D eigenvalue weighted by Gasteiger charge is -2.29. The molecule has 0 saturated carbocycles. The van der Waals surface area contributed by atoms with Crippen LogP contribution in [0.4, 0.5) is 5.69 Å². The molecular formula is C25H25ClN2OS. The van der Waals surface area contributed by atoms with E-state index in [1.165, 1.54) is 38.8 Å². The van der Waals surface area contributed by atoms with E-state index >= 15 is 0 Å². The van der Waals surface area contributed by atoms with E-state index in [1.807, 2.05) is 12.1 Å². The molecule has 2 aromatic carbocycles. The van der Waals surface area contributed by atoms with Gasteiger partial charge in [0.05, 0.1) is 0 Å². The summed E-state index contributed by atoms with van der Waals surface area (Å²) in [7, 11) is 0. The van der Waals surface area contributed by atoms with Crippen LogP contribution in [-0.2, 0) is 11.2 Å². The Hall–Kier alpha value is -2.14. The van der Waals surface area contributed by atoms with Crippen LogP contribution >= 0.6 is 22.9 Å². The molecular weight excluding hydrogens is 412 g/mol. The number of amides is 1. The summed E-state index contributed by atoms with van der Waals surface area (Å²) >= 11 is 7.93. The highest BCUT2D eigenvalue weighted by Gasteiger charge is 2.26. The van der Waals surface area contributed by atoms with Gasteiger partial charge in [-0.15, -0.1) is 11.3 Å². The van der Waals surface area contributed by atoms with Gasteiger partial charge in [-0.3, -0.25) is 9.69 Å². The quantitative estimate of drug-likeness (QED) is 0.518. The molecule has 1 N–H and O–H groups in total. The minimum Gasteiger partial charge on any atom is -0.326 e. The van der Waals surface area contributed by atoms with Gasteiger partial charge in [0, 0.05) is 47.4 Å². The maximum absolute atomic E-state index is 11.4. The molecule has 3 nitrogen and oxygen atoms in total. The standard InChI is InChI=1S/C25H25ClN2OS/c1-16(29)27-21-6-4-17-2-3-19(23(17)13-21)14-28-10-8-18(9-11-28)24-15-30-25-12-20(26)5-7-22(24)25/h4-8,12-13,15,19H,2-3,9-11,14H2,1H3,(H,27,29). The molecule has 154 valence electrons. The van der Waals surface area contributed by atoms with Gasteiger partial charge in [-0.05, 0) is 77.1 Å². The molecule has 1 aromatic heterocycles. The first-order valence-corrected chi connectivity index (χ1v) is 11.8. The largest absolute Gasteiger partial charge is 0.326 e. The molecule has 0 bridgehead atoms. The Kier molecular flexibility index (Phi) is 5.40. The van der Waals surface area contributed by atoms with Crippen LogP contribution in [0.1, 0.15) is 42.4 Å². The summed E-state index contributed by atoms with van der Waals surface area (Å²) in [6, 6.07) is 12.6. The molecule has 0 saturated heterocycles. The number of hydrogen-bond donors (Lipinski definition) is 1. The molecule has 2 heterocycles. The average Bonchev–Trinajstić information content (AvgIpc) is 3.32. The molecule has 3 aromatic rings. The number of nitrogens with one attached hydrogen (secondary N) is 1. The Morgan fingerprint density at radius 3 is 2.93 bits per heavy atom. The second kappa shape index (κ2) is 8.18. The van der Waals surface area contributed by atoms with E-state index in [-0.39, 0.29) is 5.91 Å². The van der Waals surface area contributed by atoms with Crippen molar-refractivity contribution < 1.29 is 4.79 Å². The van der Waals surface area contributed by atoms with Crippen LogP contribution in [0.2, 0.25) is 5.02 Å². The van der Waals surface area contributed by atoms with E-state index in [0.717, 1.165) is 43.2 Å². The number of rotatable bonds is 4. The number of thiophene rings is 1. The number of anilines is 1. The maximum atomic E-state index is 11.4. The van der Waals surface area contributed by atoms with Crippen molar-refractivity contribution >= 4 is 50.2 Å². The summed E-state index contributed by atoms with van der Waals surface area (Å²) in [5, 5.41) is 7.33. The van der Waals surface area contributed by atoms with Gasteiger partial charge in [0.15, 0.2) is 0 Å². The number of carbonyl (C=O) groups is 1. The molecule has 5 heteroatoms. The molecule has 0 spiro atoms. The van der Waals surface area contributed by atoms with Gasteiger partial charge in [0.25, 0.3) is 0 Å². The summed E-state index contributed by atoms with van der Waals surface area (Å²) in [4.78, 5) is 14.0. The number of fused-ring (bicyclic) bond motifs is 2. The lowest BCUT2D eigenvalue weighted by molar-refractivity contribution is -0.114. The fourth-order valence-electron chi connectivity index (χ4n) is 4.84. The van der Waals surface area contributed by atoms with Gasteiger partial charge >= 0.3 is 0 Å². The molecule has 0 radical (unpaired) electrons. The number of aryl methyl sites for hydroxylation is 1. The second-order valence-corrected chi connectivity index (χ2v) is 9.71. The van der Waals surface area contributed by atoms with E-state index in [1.54, 1.807) is 18.3 Å². The molecule has 0 fully saturated rings. The van der Waals surface area contributed by atoms with Crippen molar-refractivity contribution in [2.24, 2.45) is 0 Å². The minimum absolute atomic E-state index is 0.0126. The van der Waals surface area contributed by atoms with Crippen LogP contribution in [0.3, 0.4) is 0 Å². The van der Waals surface area contributed by atoms with Crippen molar-refractivity contribution in [1.82, 2.24) is 4.90 Å². The number of benzene rings is 2. The van der Waals surface area contributed by atoms with E-state index in [4.69, 9.17) is 11.6 Å². The van der Waals surface area contributed by atoms with Crippen LogP contribution in [0, 0.1) is 0 Å². The smallest absolute Gasteiger partial charge is 0.221 e. The first-order valence-electron chi connectivity index (χ1n) is 10.6. The summed E-state index contributed by atoms with van der Waals surface area (Å²) in [5.74, 6) is 0.536. The zero-order valence-corrected chi connectivity index (χ0v) is 18.7. The van der Waals surface area contributed by atoms with Crippen molar-refractivity contribution in [3.05, 3.63) is 69.6 Å². The van der Waals surface area contributed by atoms with Crippen LogP contribution < -0.4 is 5.32 Å². The Labute approximate surface area is 186 Å². The van der Waals surface area contributed by atoms with Gasteiger partial charge < -0.3 is 5.32 Å². The summed E-state index contributed by atoms with van der Waals surface area (Å²) in [5.41, 5.74) is 6.60. The molecule has 1 unspecified atom stereocenters. The van der Waals surface area contributed by atoms with Crippen LogP contribution in [-0.4, -0.2) is 30.4 Å². The normalized spacial score (nSPS) is 19.0. The fourth-order valence-corrected chi connectivity index (χ4v) is 6.10. The maximum Gasteiger partial charge on any atom is 0.221 e. The van der Waals surface area contributed by atoms with E-state index in [0.29, 0.717) is 5.92 Å². The molecule has 30 heavy (non-hydrogen) atoms. The molecule has 1 aliphatic carbocycles. The molecule has 1 aliphatic heterocycles. The zero-order valence-electron chi connectivity index (χ0n) is 17.1. The van der Waals surface area contributed by atoms with E-state index in [9.17, 15) is 4.79 Å². The van der Waals surface area contributed by atoms with Crippen LogP contribution in [0.15, 0.2) is 47.9 Å². The first kappa shape index (κ1) is 19.8. The highest BCUT2D eigenvalue weighted by molar-refractivity contribution is 7.17. The van der Waals surface area contributed by atoms with Gasteiger partial charge in [0.1, 0.15) is 0 Å². The average molecular weight is 437 g/mol. The Morgan fingerprint density at radius 2 is 2.13 bits per heavy atom. The number of halogens is 1. The van der Waals surface area contributed by atoms with Gasteiger partial charge in [-0.25, -0.2) is 0 Å². The van der Waals surface area contributed by atoms with Crippen LogP contribution in [0.25, 0.3) is 15.7 Å². The molecule has 1 amide bonds. The molecule has 1 atom stereocenters. The number of hydrogen-bond acceptors (Lipinski definition) is 3. The second-order valence-electron chi connectivity index (χ2n) is 8.36. The fraction of sp³-hybridized carbons (Fsp3) is 0.320. The van der Waals surface area contributed by atoms with Crippen molar-refractivity contribution in [2.75, 3.05) is 25.0 Å². The van der Waals surface area contributed by atoms with Crippen molar-refractivity contribution in [3.8, 4) is 0 Å². The first-order chi connectivity index (χ1) is 14.6. The minimum atomic E-state index is -0.0126. The van der Waals surface area contributed by atoms with Crippen molar-refractivity contribution in [2.45, 2.75) is 32.1 Å². The molecule has 2 aliphatic rings. The number of carbonyl (C=O) groups excluding carboxylic acids is 1. The summed E-state index contributed by atoms with van der Waals surface area (Å²) < 4.78 is 1.26. The Morgan fingerprint density at radius 1 is 1.23 bits per heavy atom. The lowest BCUT2D eigenvalue weighted by atomic mass is 9.96. The molecule has 5 rings (SSSR count). The third-order valence-electron chi connectivity index (χ3n) is 6.32. The highest BCUT2D eigenvalue weighted by atomic mass is 35.5. The zero-order chi connectivity index (χ0) is 20.7. The monoisotopic (exact) mass is 436 g/mol. The summed E-state index contributed by atoms with van der Waals surface area (Å²) in [6.07, 6.45) is 5.82. The SMILES string of the molecule is CC(=O)Nc1ccc2c(c1)C(CN1CC=C(c3csc4cc(Cl)ccc34)CC1)CC2. The number of nitrogens with zero attached hydrogens (tertiary/aromatic N) is 1. The van der Waals surface area contributed by atoms with Gasteiger partial charge in [-0.2, -0.15) is 0 Å². The highest BCUT2D eigenvalue weighted by Crippen LogP contribution is 2.38. The van der Waals surface area contributed by atoms with E-state index < -0.39 is 0 Å². The van der Waals surface area contributed by atoms with Crippen molar-refractivity contribution in [3.63, 3.8) is 0 Å². The predicted molar refractivity (Wildman–Crippen MR) is 128 cm³/mol. The van der Waals surface area contributed by atoms with Crippen molar-refractivity contribution in [1.29, 1.82) is 0 Å². The third kappa shape index (κ3) is 3.92. The van der Waals surface area contributed by atoms with E-state index in [2.05, 4.69) is 45.9 Å². The Bertz CT molecular complexity index is 1150. The van der Waals surface area contributed by atoms with Crippen LogP contribution in [0.5, 0.6) is 0 Å². The van der Waals surface area contributed by atoms with Gasteiger partial charge in [0.2, 0.25) is 5.91 Å². The van der Waals surface area contributed by atoms with Gasteiger partial charge in [-0.1, -0.05) is 29.8 Å². The predicted octanol–water partition coefficient (Wildman–Crippen LogP) is 6.33.